The number of ether oxygens (including phenoxy) is 1. The van der Waals surface area contributed by atoms with E-state index in [0.717, 1.165) is 19.6 Å². The van der Waals surface area contributed by atoms with Crippen molar-refractivity contribution in [2.45, 2.75) is 39.7 Å². The van der Waals surface area contributed by atoms with Crippen LogP contribution in [0.3, 0.4) is 0 Å². The van der Waals surface area contributed by atoms with Gasteiger partial charge in [0.1, 0.15) is 5.54 Å². The third-order valence-corrected chi connectivity index (χ3v) is 3.87. The predicted octanol–water partition coefficient (Wildman–Crippen LogP) is 2.75. The molecular weight excluding hydrogens is 264 g/mol. The highest BCUT2D eigenvalue weighted by Crippen LogP contribution is 2.19. The molecule has 1 atom stereocenters. The minimum absolute atomic E-state index is 0.204. The lowest BCUT2D eigenvalue weighted by Crippen LogP contribution is -2.52. The minimum Gasteiger partial charge on any atom is -0.468 e. The first-order valence-electron chi connectivity index (χ1n) is 7.62. The summed E-state index contributed by atoms with van der Waals surface area (Å²) >= 11 is 0. The Labute approximate surface area is 128 Å². The number of hydrogen-bond donors (Lipinski definition) is 1. The number of rotatable bonds is 8. The normalized spacial score (nSPS) is 13.6. The second-order valence-electron chi connectivity index (χ2n) is 5.52. The molecule has 1 N–H and O–H groups in total. The maximum atomic E-state index is 12.0. The molecule has 0 fully saturated rings. The molecule has 0 amide bonds. The number of aryl methyl sites for hydroxylation is 1. The average molecular weight is 292 g/mol. The molecule has 118 valence electrons. The maximum absolute atomic E-state index is 12.0. The molecular formula is C17H28N2O2. The zero-order valence-corrected chi connectivity index (χ0v) is 13.9. The van der Waals surface area contributed by atoms with Crippen molar-refractivity contribution in [3.05, 3.63) is 29.8 Å². The quantitative estimate of drug-likeness (QED) is 0.748. The molecule has 4 heteroatoms. The van der Waals surface area contributed by atoms with E-state index in [1.807, 2.05) is 13.8 Å². The molecule has 0 aliphatic carbocycles. The van der Waals surface area contributed by atoms with Gasteiger partial charge in [-0.2, -0.15) is 0 Å². The molecule has 0 saturated carbocycles. The molecule has 0 aromatic heterocycles. The monoisotopic (exact) mass is 292 g/mol. The number of anilines is 1. The van der Waals surface area contributed by atoms with Crippen LogP contribution in [0.4, 0.5) is 5.69 Å². The number of esters is 1. The van der Waals surface area contributed by atoms with Gasteiger partial charge in [0.2, 0.25) is 0 Å². The lowest BCUT2D eigenvalue weighted by Gasteiger charge is -2.31. The SMILES string of the molecule is CCNC(C)(CCN(CC)c1ccc(C)cc1)C(=O)OC. The van der Waals surface area contributed by atoms with Gasteiger partial charge in [-0.05, 0) is 45.9 Å². The lowest BCUT2D eigenvalue weighted by molar-refractivity contribution is -0.148. The zero-order chi connectivity index (χ0) is 15.9. The highest BCUT2D eigenvalue weighted by Gasteiger charge is 2.33. The summed E-state index contributed by atoms with van der Waals surface area (Å²) in [6, 6.07) is 8.48. The number of benzene rings is 1. The van der Waals surface area contributed by atoms with Crippen LogP contribution >= 0.6 is 0 Å². The van der Waals surface area contributed by atoms with Crippen molar-refractivity contribution in [3.63, 3.8) is 0 Å². The van der Waals surface area contributed by atoms with E-state index < -0.39 is 5.54 Å². The van der Waals surface area contributed by atoms with Crippen LogP contribution in [0.15, 0.2) is 24.3 Å². The molecule has 1 aromatic rings. The molecule has 0 radical (unpaired) electrons. The van der Waals surface area contributed by atoms with Crippen molar-refractivity contribution in [1.29, 1.82) is 0 Å². The summed E-state index contributed by atoms with van der Waals surface area (Å²) in [5, 5.41) is 3.25. The van der Waals surface area contributed by atoms with Gasteiger partial charge in [0.05, 0.1) is 7.11 Å². The van der Waals surface area contributed by atoms with E-state index in [9.17, 15) is 4.79 Å². The van der Waals surface area contributed by atoms with Crippen molar-refractivity contribution >= 4 is 11.7 Å². The van der Waals surface area contributed by atoms with Gasteiger partial charge in [-0.3, -0.25) is 4.79 Å². The smallest absolute Gasteiger partial charge is 0.325 e. The molecule has 1 rings (SSSR count). The van der Waals surface area contributed by atoms with E-state index in [4.69, 9.17) is 4.74 Å². The summed E-state index contributed by atoms with van der Waals surface area (Å²) < 4.78 is 4.94. The third-order valence-electron chi connectivity index (χ3n) is 3.87. The summed E-state index contributed by atoms with van der Waals surface area (Å²) in [6.07, 6.45) is 0.704. The summed E-state index contributed by atoms with van der Waals surface area (Å²) in [6.45, 7) is 10.6. The van der Waals surface area contributed by atoms with Crippen LogP contribution in [-0.4, -0.2) is 38.3 Å². The number of carbonyl (C=O) groups is 1. The summed E-state index contributed by atoms with van der Waals surface area (Å²) in [5.74, 6) is -0.204. The van der Waals surface area contributed by atoms with Crippen molar-refractivity contribution in [2.24, 2.45) is 0 Å². The Morgan fingerprint density at radius 3 is 2.38 bits per heavy atom. The van der Waals surface area contributed by atoms with E-state index in [-0.39, 0.29) is 5.97 Å². The fraction of sp³-hybridized carbons (Fsp3) is 0.588. The van der Waals surface area contributed by atoms with Crippen LogP contribution in [0.1, 0.15) is 32.8 Å². The number of hydrogen-bond acceptors (Lipinski definition) is 4. The van der Waals surface area contributed by atoms with Crippen molar-refractivity contribution < 1.29 is 9.53 Å². The second-order valence-corrected chi connectivity index (χ2v) is 5.52. The van der Waals surface area contributed by atoms with E-state index >= 15 is 0 Å². The van der Waals surface area contributed by atoms with E-state index in [0.29, 0.717) is 6.42 Å². The number of methoxy groups -OCH3 is 1. The van der Waals surface area contributed by atoms with Gasteiger partial charge in [-0.1, -0.05) is 24.6 Å². The standard InChI is InChI=1S/C17H28N2O2/c1-6-18-17(4,16(20)21-5)12-13-19(7-2)15-10-8-14(3)9-11-15/h8-11,18H,6-7,12-13H2,1-5H3. The largest absolute Gasteiger partial charge is 0.468 e. The van der Waals surface area contributed by atoms with Gasteiger partial charge in [-0.15, -0.1) is 0 Å². The first kappa shape index (κ1) is 17.5. The highest BCUT2D eigenvalue weighted by atomic mass is 16.5. The van der Waals surface area contributed by atoms with Crippen molar-refractivity contribution in [2.75, 3.05) is 31.6 Å². The molecule has 1 aromatic carbocycles. The number of likely N-dealkylation sites (N-methyl/N-ethyl adjacent to an activating group) is 1. The Morgan fingerprint density at radius 1 is 1.29 bits per heavy atom. The van der Waals surface area contributed by atoms with Gasteiger partial charge in [0.15, 0.2) is 0 Å². The Balaban J connectivity index is 2.76. The fourth-order valence-electron chi connectivity index (χ4n) is 2.46. The van der Waals surface area contributed by atoms with Crippen LogP contribution in [0.2, 0.25) is 0 Å². The van der Waals surface area contributed by atoms with E-state index in [1.165, 1.54) is 18.4 Å². The molecule has 0 aliphatic heterocycles. The van der Waals surface area contributed by atoms with Crippen LogP contribution in [0, 0.1) is 6.92 Å². The minimum atomic E-state index is -0.637. The molecule has 4 nitrogen and oxygen atoms in total. The van der Waals surface area contributed by atoms with Crippen LogP contribution in [0.5, 0.6) is 0 Å². The Kier molecular flexibility index (Phi) is 6.69. The molecule has 21 heavy (non-hydrogen) atoms. The average Bonchev–Trinajstić information content (AvgIpc) is 2.49. The van der Waals surface area contributed by atoms with E-state index in [2.05, 4.69) is 48.3 Å². The molecule has 0 heterocycles. The Morgan fingerprint density at radius 2 is 1.90 bits per heavy atom. The first-order valence-corrected chi connectivity index (χ1v) is 7.62. The van der Waals surface area contributed by atoms with Crippen molar-refractivity contribution in [3.8, 4) is 0 Å². The van der Waals surface area contributed by atoms with Crippen LogP contribution in [0.25, 0.3) is 0 Å². The fourth-order valence-corrected chi connectivity index (χ4v) is 2.46. The third kappa shape index (κ3) is 4.74. The Bertz CT molecular complexity index is 445. The second kappa shape index (κ2) is 8.03. The molecule has 0 aliphatic rings. The van der Waals surface area contributed by atoms with Crippen LogP contribution < -0.4 is 10.2 Å². The van der Waals surface area contributed by atoms with Gasteiger partial charge >= 0.3 is 5.97 Å². The summed E-state index contributed by atoms with van der Waals surface area (Å²) in [7, 11) is 1.44. The Hall–Kier alpha value is -1.55. The topological polar surface area (TPSA) is 41.6 Å². The zero-order valence-electron chi connectivity index (χ0n) is 13.9. The van der Waals surface area contributed by atoms with Gasteiger partial charge in [-0.25, -0.2) is 0 Å². The number of nitrogens with one attached hydrogen (secondary N) is 1. The highest BCUT2D eigenvalue weighted by molar-refractivity contribution is 5.80. The number of nitrogens with zero attached hydrogens (tertiary/aromatic N) is 1. The molecule has 1 unspecified atom stereocenters. The van der Waals surface area contributed by atoms with Crippen LogP contribution in [-0.2, 0) is 9.53 Å². The first-order chi connectivity index (χ1) is 9.96. The number of carbonyl (C=O) groups excluding carboxylic acids is 1. The van der Waals surface area contributed by atoms with Gasteiger partial charge in [0, 0.05) is 18.8 Å². The van der Waals surface area contributed by atoms with Crippen molar-refractivity contribution in [1.82, 2.24) is 5.32 Å². The summed E-state index contributed by atoms with van der Waals surface area (Å²) in [5.41, 5.74) is 1.80. The molecule has 0 saturated heterocycles. The van der Waals surface area contributed by atoms with Gasteiger partial charge in [0.25, 0.3) is 0 Å². The lowest BCUT2D eigenvalue weighted by atomic mass is 9.97. The van der Waals surface area contributed by atoms with Gasteiger partial charge < -0.3 is 15.0 Å². The molecule has 0 spiro atoms. The maximum Gasteiger partial charge on any atom is 0.325 e. The summed E-state index contributed by atoms with van der Waals surface area (Å²) in [4.78, 5) is 14.3. The van der Waals surface area contributed by atoms with E-state index in [1.54, 1.807) is 0 Å². The predicted molar refractivity (Wildman–Crippen MR) is 87.8 cm³/mol. The molecule has 0 bridgehead atoms.